The van der Waals surface area contributed by atoms with Crippen LogP contribution in [0.15, 0.2) is 22.5 Å². The highest BCUT2D eigenvalue weighted by Gasteiger charge is 2.19. The van der Waals surface area contributed by atoms with Gasteiger partial charge in [0.1, 0.15) is 0 Å². The van der Waals surface area contributed by atoms with E-state index in [2.05, 4.69) is 40.0 Å². The highest BCUT2D eigenvalue weighted by Crippen LogP contribution is 2.20. The van der Waals surface area contributed by atoms with Crippen molar-refractivity contribution >= 4 is 17.3 Å². The van der Waals surface area contributed by atoms with Gasteiger partial charge in [0.25, 0.3) is 0 Å². The number of ether oxygens (including phenoxy) is 2. The van der Waals surface area contributed by atoms with Crippen molar-refractivity contribution in [1.29, 1.82) is 0 Å². The second-order valence-corrected chi connectivity index (χ2v) is 9.04. The number of piperidine rings is 1. The van der Waals surface area contributed by atoms with Gasteiger partial charge in [0, 0.05) is 44.3 Å². The number of thiophene rings is 1. The van der Waals surface area contributed by atoms with Gasteiger partial charge in [0.2, 0.25) is 0 Å². The van der Waals surface area contributed by atoms with E-state index >= 15 is 0 Å². The minimum atomic E-state index is 0.318. The van der Waals surface area contributed by atoms with Crippen LogP contribution in [0.1, 0.15) is 43.9 Å². The second kappa shape index (κ2) is 13.2. The minimum Gasteiger partial charge on any atom is -0.379 e. The monoisotopic (exact) mass is 422 g/mol. The number of hydrogen-bond donors (Lipinski definition) is 2. The van der Waals surface area contributed by atoms with Crippen molar-refractivity contribution in [2.45, 2.75) is 51.7 Å². The largest absolute Gasteiger partial charge is 0.379 e. The van der Waals surface area contributed by atoms with Crippen molar-refractivity contribution in [3.63, 3.8) is 0 Å². The van der Waals surface area contributed by atoms with E-state index in [1.165, 1.54) is 37.2 Å². The number of nitrogens with zero attached hydrogens (tertiary/aromatic N) is 2. The first kappa shape index (κ1) is 22.5. The molecule has 2 N–H and O–H groups in total. The van der Waals surface area contributed by atoms with E-state index in [4.69, 9.17) is 14.5 Å². The second-order valence-electron chi connectivity index (χ2n) is 8.01. The third-order valence-corrected chi connectivity index (χ3v) is 6.47. The lowest BCUT2D eigenvalue weighted by molar-refractivity contribution is 0.0168. The van der Waals surface area contributed by atoms with Crippen LogP contribution in [0.4, 0.5) is 0 Å². The number of hydrogen-bond acceptors (Lipinski definition) is 5. The summed E-state index contributed by atoms with van der Waals surface area (Å²) >= 11 is 1.86. The molecule has 1 aromatic rings. The van der Waals surface area contributed by atoms with Gasteiger partial charge >= 0.3 is 0 Å². The lowest BCUT2D eigenvalue weighted by Gasteiger charge is -2.31. The minimum absolute atomic E-state index is 0.318. The first-order valence-corrected chi connectivity index (χ1v) is 12.2. The fourth-order valence-electron chi connectivity index (χ4n) is 3.88. The van der Waals surface area contributed by atoms with Crippen LogP contribution >= 0.6 is 11.3 Å². The van der Waals surface area contributed by atoms with E-state index in [0.717, 1.165) is 64.8 Å². The van der Waals surface area contributed by atoms with Gasteiger partial charge in [-0.25, -0.2) is 0 Å². The van der Waals surface area contributed by atoms with E-state index in [-0.39, 0.29) is 0 Å². The molecule has 3 rings (SSSR count). The summed E-state index contributed by atoms with van der Waals surface area (Å²) in [6.45, 7) is 10.7. The topological polar surface area (TPSA) is 58.1 Å². The number of guanidine groups is 1. The molecule has 0 spiro atoms. The van der Waals surface area contributed by atoms with E-state index in [1.807, 2.05) is 11.3 Å². The fourth-order valence-corrected chi connectivity index (χ4v) is 4.63. The Morgan fingerprint density at radius 1 is 1.31 bits per heavy atom. The first-order valence-electron chi connectivity index (χ1n) is 11.3. The number of nitrogens with one attached hydrogen (secondary N) is 2. The zero-order valence-corrected chi connectivity index (χ0v) is 18.7. The molecule has 2 aliphatic heterocycles. The molecule has 0 bridgehead atoms. The smallest absolute Gasteiger partial charge is 0.191 e. The van der Waals surface area contributed by atoms with Gasteiger partial charge < -0.3 is 20.1 Å². The van der Waals surface area contributed by atoms with Crippen LogP contribution in [0, 0.1) is 5.92 Å². The van der Waals surface area contributed by atoms with Gasteiger partial charge in [0.05, 0.1) is 12.7 Å². The number of rotatable bonds is 11. The van der Waals surface area contributed by atoms with Crippen LogP contribution in [0.25, 0.3) is 0 Å². The van der Waals surface area contributed by atoms with Crippen molar-refractivity contribution in [2.75, 3.05) is 52.5 Å². The zero-order chi connectivity index (χ0) is 20.2. The Bertz CT molecular complexity index is 567. The summed E-state index contributed by atoms with van der Waals surface area (Å²) in [5, 5.41) is 8.98. The maximum absolute atomic E-state index is 5.73. The maximum Gasteiger partial charge on any atom is 0.191 e. The molecule has 0 aromatic carbocycles. The molecule has 6 nitrogen and oxygen atoms in total. The van der Waals surface area contributed by atoms with Crippen LogP contribution in [0.5, 0.6) is 0 Å². The summed E-state index contributed by atoms with van der Waals surface area (Å²) in [6.07, 6.45) is 6.10. The zero-order valence-electron chi connectivity index (χ0n) is 17.9. The van der Waals surface area contributed by atoms with Crippen LogP contribution in [-0.4, -0.2) is 69.5 Å². The molecular weight excluding hydrogens is 384 g/mol. The van der Waals surface area contributed by atoms with E-state index in [0.29, 0.717) is 12.0 Å². The van der Waals surface area contributed by atoms with Crippen LogP contribution in [0.3, 0.4) is 0 Å². The highest BCUT2D eigenvalue weighted by molar-refractivity contribution is 7.09. The third-order valence-electron chi connectivity index (χ3n) is 5.60. The van der Waals surface area contributed by atoms with E-state index in [1.54, 1.807) is 0 Å². The van der Waals surface area contributed by atoms with Crippen molar-refractivity contribution in [1.82, 2.24) is 15.5 Å². The molecule has 7 heteroatoms. The molecule has 164 valence electrons. The molecule has 0 aliphatic carbocycles. The Kier molecular flexibility index (Phi) is 10.3. The molecule has 1 atom stereocenters. The Morgan fingerprint density at radius 2 is 2.21 bits per heavy atom. The fraction of sp³-hybridized carbons (Fsp3) is 0.773. The molecule has 3 heterocycles. The molecule has 2 aliphatic rings. The maximum atomic E-state index is 5.73. The Labute approximate surface area is 180 Å². The van der Waals surface area contributed by atoms with E-state index < -0.39 is 0 Å². The predicted molar refractivity (Wildman–Crippen MR) is 121 cm³/mol. The average Bonchev–Trinajstić information content (AvgIpc) is 3.44. The Morgan fingerprint density at radius 3 is 2.93 bits per heavy atom. The highest BCUT2D eigenvalue weighted by atomic mass is 32.1. The molecule has 0 saturated carbocycles. The molecular formula is C22H38N4O2S. The van der Waals surface area contributed by atoms with Gasteiger partial charge in [-0.05, 0) is 69.5 Å². The number of aliphatic imine (C=N–C) groups is 1. The lowest BCUT2D eigenvalue weighted by Crippen LogP contribution is -2.39. The van der Waals surface area contributed by atoms with Crippen LogP contribution in [-0.2, 0) is 16.0 Å². The SMILES string of the molecule is CCNC(=NCC1CCN(Cc2cccs2)CC1)NCCCOCC1CCCO1. The van der Waals surface area contributed by atoms with Crippen molar-refractivity contribution < 1.29 is 9.47 Å². The summed E-state index contributed by atoms with van der Waals surface area (Å²) in [5.74, 6) is 1.63. The van der Waals surface area contributed by atoms with Gasteiger partial charge in [-0.1, -0.05) is 6.07 Å². The number of likely N-dealkylation sites (tertiary alicyclic amines) is 1. The van der Waals surface area contributed by atoms with Gasteiger partial charge in [-0.3, -0.25) is 9.89 Å². The molecule has 0 amide bonds. The summed E-state index contributed by atoms with van der Waals surface area (Å²) in [5.41, 5.74) is 0. The normalized spacial score (nSPS) is 21.6. The third kappa shape index (κ3) is 8.62. The average molecular weight is 423 g/mol. The molecule has 1 unspecified atom stereocenters. The predicted octanol–water partition coefficient (Wildman–Crippen LogP) is 3.10. The molecule has 2 saturated heterocycles. The van der Waals surface area contributed by atoms with Gasteiger partial charge in [-0.15, -0.1) is 11.3 Å². The van der Waals surface area contributed by atoms with Gasteiger partial charge in [-0.2, -0.15) is 0 Å². The summed E-state index contributed by atoms with van der Waals surface area (Å²) in [7, 11) is 0. The Balaban J connectivity index is 1.27. The molecule has 0 radical (unpaired) electrons. The van der Waals surface area contributed by atoms with Crippen molar-refractivity contribution in [2.24, 2.45) is 10.9 Å². The van der Waals surface area contributed by atoms with Crippen LogP contribution in [0.2, 0.25) is 0 Å². The van der Waals surface area contributed by atoms with Crippen molar-refractivity contribution in [3.05, 3.63) is 22.4 Å². The van der Waals surface area contributed by atoms with E-state index in [9.17, 15) is 0 Å². The summed E-state index contributed by atoms with van der Waals surface area (Å²) in [4.78, 5) is 8.88. The Hall–Kier alpha value is -1.15. The quantitative estimate of drug-likeness (QED) is 0.326. The first-order chi connectivity index (χ1) is 14.3. The lowest BCUT2D eigenvalue weighted by atomic mass is 9.97. The van der Waals surface area contributed by atoms with Crippen LogP contribution < -0.4 is 10.6 Å². The van der Waals surface area contributed by atoms with Gasteiger partial charge in [0.15, 0.2) is 5.96 Å². The van der Waals surface area contributed by atoms with Crippen molar-refractivity contribution in [3.8, 4) is 0 Å². The standard InChI is InChI=1S/C22H38N4O2S/c1-2-23-22(24-10-5-13-27-18-20-6-3-14-28-20)25-16-19-8-11-26(12-9-19)17-21-7-4-15-29-21/h4,7,15,19-20H,2-3,5-6,8-14,16-18H2,1H3,(H2,23,24,25). The summed E-state index contributed by atoms with van der Waals surface area (Å²) in [6, 6.07) is 4.38. The molecule has 2 fully saturated rings. The summed E-state index contributed by atoms with van der Waals surface area (Å²) < 4.78 is 11.3. The molecule has 1 aromatic heterocycles. The molecule has 29 heavy (non-hydrogen) atoms.